The Hall–Kier alpha value is -1.35. The van der Waals surface area contributed by atoms with Crippen molar-refractivity contribution in [2.24, 2.45) is 0 Å². The fraction of sp³-hybridized carbons (Fsp3) is 0.182. The quantitative estimate of drug-likeness (QED) is 0.700. The van der Waals surface area contributed by atoms with Gasteiger partial charge in [0, 0.05) is 18.8 Å². The maximum absolute atomic E-state index is 11.7. The molecule has 0 fully saturated rings. The van der Waals surface area contributed by atoms with Crippen LogP contribution in [0.4, 0.5) is 0 Å². The number of rotatable bonds is 1. The lowest BCUT2D eigenvalue weighted by Gasteiger charge is -2.06. The molecular weight excluding hydrogens is 194 g/mol. The third-order valence-corrected chi connectivity index (χ3v) is 3.15. The summed E-state index contributed by atoms with van der Waals surface area (Å²) in [5.41, 5.74) is 0. The number of fused-ring (bicyclic) bond motifs is 1. The fourth-order valence-corrected chi connectivity index (χ4v) is 2.39. The minimum absolute atomic E-state index is 0.0752. The highest BCUT2D eigenvalue weighted by Crippen LogP contribution is 2.25. The first-order chi connectivity index (χ1) is 6.68. The molecule has 0 unspecified atom stereocenters. The van der Waals surface area contributed by atoms with Crippen molar-refractivity contribution in [1.29, 1.82) is 0 Å². The number of amides is 1. The number of hydrogen-bond acceptors (Lipinski definition) is 2. The van der Waals surface area contributed by atoms with Gasteiger partial charge in [0.1, 0.15) is 0 Å². The van der Waals surface area contributed by atoms with Gasteiger partial charge in [0.05, 0.1) is 4.88 Å². The van der Waals surface area contributed by atoms with Gasteiger partial charge in [-0.3, -0.25) is 4.79 Å². The molecule has 1 heterocycles. The summed E-state index contributed by atoms with van der Waals surface area (Å²) in [4.78, 5) is 14.1. The van der Waals surface area contributed by atoms with Crippen molar-refractivity contribution in [2.75, 3.05) is 14.1 Å². The number of hydrogen-bond donors (Lipinski definition) is 0. The van der Waals surface area contributed by atoms with Crippen LogP contribution in [0.1, 0.15) is 9.67 Å². The molecule has 0 atom stereocenters. The van der Waals surface area contributed by atoms with E-state index in [2.05, 4.69) is 0 Å². The largest absolute Gasteiger partial charge is 0.344 e. The number of benzene rings is 1. The molecular formula is C11H11NOS. The molecule has 2 aromatic rings. The zero-order valence-electron chi connectivity index (χ0n) is 8.15. The molecule has 2 nitrogen and oxygen atoms in total. The van der Waals surface area contributed by atoms with Gasteiger partial charge >= 0.3 is 0 Å². The van der Waals surface area contributed by atoms with Crippen LogP contribution in [0.25, 0.3) is 10.1 Å². The number of carbonyl (C=O) groups excluding carboxylic acids is 1. The molecule has 3 heteroatoms. The molecule has 72 valence electrons. The second kappa shape index (κ2) is 3.42. The monoisotopic (exact) mass is 205 g/mol. The van der Waals surface area contributed by atoms with Crippen LogP contribution in [-0.4, -0.2) is 24.9 Å². The van der Waals surface area contributed by atoms with Gasteiger partial charge in [0.15, 0.2) is 0 Å². The lowest BCUT2D eigenvalue weighted by atomic mass is 10.2. The molecule has 0 bridgehead atoms. The van der Waals surface area contributed by atoms with Crippen molar-refractivity contribution in [3.05, 3.63) is 35.2 Å². The van der Waals surface area contributed by atoms with Crippen LogP contribution >= 0.6 is 11.3 Å². The van der Waals surface area contributed by atoms with Gasteiger partial charge in [0.2, 0.25) is 0 Å². The van der Waals surface area contributed by atoms with E-state index in [9.17, 15) is 4.79 Å². The summed E-state index contributed by atoms with van der Waals surface area (Å²) in [6.45, 7) is 0. The minimum Gasteiger partial charge on any atom is -0.344 e. The van der Waals surface area contributed by atoms with E-state index in [1.54, 1.807) is 30.3 Å². The zero-order valence-corrected chi connectivity index (χ0v) is 8.97. The summed E-state index contributed by atoms with van der Waals surface area (Å²) in [6.07, 6.45) is 0. The maximum atomic E-state index is 11.7. The van der Waals surface area contributed by atoms with E-state index in [4.69, 9.17) is 0 Å². The molecule has 0 N–H and O–H groups in total. The predicted octanol–water partition coefficient (Wildman–Crippen LogP) is 2.60. The van der Waals surface area contributed by atoms with Gasteiger partial charge in [-0.2, -0.15) is 0 Å². The van der Waals surface area contributed by atoms with Gasteiger partial charge in [-0.1, -0.05) is 18.2 Å². The van der Waals surface area contributed by atoms with E-state index >= 15 is 0 Å². The van der Waals surface area contributed by atoms with E-state index in [0.717, 1.165) is 15.0 Å². The van der Waals surface area contributed by atoms with E-state index in [1.165, 1.54) is 0 Å². The van der Waals surface area contributed by atoms with Crippen molar-refractivity contribution in [3.8, 4) is 0 Å². The molecule has 0 radical (unpaired) electrons. The summed E-state index contributed by atoms with van der Waals surface area (Å²) in [7, 11) is 3.54. The Bertz CT molecular complexity index is 440. The minimum atomic E-state index is 0.0752. The Labute approximate surface area is 86.8 Å². The van der Waals surface area contributed by atoms with E-state index in [-0.39, 0.29) is 5.91 Å². The van der Waals surface area contributed by atoms with Crippen LogP contribution in [0.5, 0.6) is 0 Å². The highest BCUT2D eigenvalue weighted by atomic mass is 32.1. The van der Waals surface area contributed by atoms with E-state index in [0.29, 0.717) is 0 Å². The molecule has 1 aromatic carbocycles. The third-order valence-electron chi connectivity index (χ3n) is 2.04. The van der Waals surface area contributed by atoms with Crippen molar-refractivity contribution >= 4 is 27.3 Å². The van der Waals surface area contributed by atoms with Crippen LogP contribution in [-0.2, 0) is 0 Å². The van der Waals surface area contributed by atoms with Gasteiger partial charge in [-0.05, 0) is 17.5 Å². The summed E-state index contributed by atoms with van der Waals surface area (Å²) >= 11 is 1.54. The molecule has 0 saturated heterocycles. The first-order valence-corrected chi connectivity index (χ1v) is 5.20. The normalized spacial score (nSPS) is 10.4. The van der Waals surface area contributed by atoms with Crippen LogP contribution in [0.2, 0.25) is 0 Å². The Balaban J connectivity index is 2.50. The summed E-state index contributed by atoms with van der Waals surface area (Å²) in [5, 5.41) is 1.14. The molecule has 0 aliphatic carbocycles. The predicted molar refractivity (Wildman–Crippen MR) is 59.8 cm³/mol. The van der Waals surface area contributed by atoms with Crippen LogP contribution in [0.15, 0.2) is 30.3 Å². The first kappa shape index (κ1) is 9.21. The Morgan fingerprint density at radius 3 is 2.64 bits per heavy atom. The molecule has 14 heavy (non-hydrogen) atoms. The van der Waals surface area contributed by atoms with Gasteiger partial charge in [0.25, 0.3) is 5.91 Å². The molecule has 0 aliphatic rings. The Morgan fingerprint density at radius 2 is 2.00 bits per heavy atom. The summed E-state index contributed by atoms with van der Waals surface area (Å²) < 4.78 is 1.16. The van der Waals surface area contributed by atoms with Crippen molar-refractivity contribution < 1.29 is 4.79 Å². The van der Waals surface area contributed by atoms with Crippen LogP contribution in [0.3, 0.4) is 0 Å². The summed E-state index contributed by atoms with van der Waals surface area (Å²) in [6, 6.07) is 9.98. The second-order valence-electron chi connectivity index (χ2n) is 3.35. The maximum Gasteiger partial charge on any atom is 0.263 e. The average molecular weight is 205 g/mol. The van der Waals surface area contributed by atoms with Gasteiger partial charge < -0.3 is 4.90 Å². The van der Waals surface area contributed by atoms with Crippen LogP contribution < -0.4 is 0 Å². The molecule has 0 saturated carbocycles. The van der Waals surface area contributed by atoms with Gasteiger partial charge in [-0.15, -0.1) is 11.3 Å². The lowest BCUT2D eigenvalue weighted by Crippen LogP contribution is -2.20. The topological polar surface area (TPSA) is 20.3 Å². The summed E-state index contributed by atoms with van der Waals surface area (Å²) in [5.74, 6) is 0.0752. The highest BCUT2D eigenvalue weighted by Gasteiger charge is 2.10. The molecule has 0 spiro atoms. The third kappa shape index (κ3) is 1.51. The van der Waals surface area contributed by atoms with E-state index in [1.807, 2.05) is 30.3 Å². The molecule has 1 amide bonds. The van der Waals surface area contributed by atoms with Crippen LogP contribution in [0, 0.1) is 0 Å². The standard InChI is InChI=1S/C11H11NOS/c1-12(2)11(13)10-7-8-5-3-4-6-9(8)14-10/h3-7H,1-2H3. The smallest absolute Gasteiger partial charge is 0.263 e. The first-order valence-electron chi connectivity index (χ1n) is 4.39. The number of thiophene rings is 1. The second-order valence-corrected chi connectivity index (χ2v) is 4.43. The molecule has 0 aliphatic heterocycles. The molecule has 2 rings (SSSR count). The number of nitrogens with zero attached hydrogens (tertiary/aromatic N) is 1. The van der Waals surface area contributed by atoms with Crippen molar-refractivity contribution in [2.45, 2.75) is 0 Å². The SMILES string of the molecule is CN(C)C(=O)c1cc2ccccc2s1. The Kier molecular flexibility index (Phi) is 2.25. The average Bonchev–Trinajstić information content (AvgIpc) is 2.59. The molecule has 1 aromatic heterocycles. The number of carbonyl (C=O) groups is 1. The van der Waals surface area contributed by atoms with Gasteiger partial charge in [-0.25, -0.2) is 0 Å². The zero-order chi connectivity index (χ0) is 10.1. The van der Waals surface area contributed by atoms with E-state index < -0.39 is 0 Å². The lowest BCUT2D eigenvalue weighted by molar-refractivity contribution is 0.0832. The Morgan fingerprint density at radius 1 is 1.29 bits per heavy atom. The fourth-order valence-electron chi connectivity index (χ4n) is 1.31. The van der Waals surface area contributed by atoms with Crippen molar-refractivity contribution in [3.63, 3.8) is 0 Å². The highest BCUT2D eigenvalue weighted by molar-refractivity contribution is 7.20. The van der Waals surface area contributed by atoms with Crippen molar-refractivity contribution in [1.82, 2.24) is 4.90 Å².